The Morgan fingerprint density at radius 2 is 2.00 bits per heavy atom. The van der Waals surface area contributed by atoms with Crippen LogP contribution >= 0.6 is 0 Å². The standard InChI is InChI=1S/C23H27N3O2/c1-5-26-12-11-21(25-26)18(4)24-23(27)20-8-6-7-19(14-20)15-28-22-13-16(2)9-10-17(22)3/h6-14,18H,5,15H2,1-4H3,(H,24,27). The Balaban J connectivity index is 1.64. The van der Waals surface area contributed by atoms with Gasteiger partial charge in [0.2, 0.25) is 0 Å². The fraction of sp³-hybridized carbons (Fsp3) is 0.304. The number of aryl methyl sites for hydroxylation is 3. The first-order valence-electron chi connectivity index (χ1n) is 9.59. The maximum atomic E-state index is 12.6. The fourth-order valence-corrected chi connectivity index (χ4v) is 2.96. The van der Waals surface area contributed by atoms with E-state index in [9.17, 15) is 4.79 Å². The lowest BCUT2D eigenvalue weighted by Crippen LogP contribution is -2.27. The highest BCUT2D eigenvalue weighted by Crippen LogP contribution is 2.21. The van der Waals surface area contributed by atoms with Crippen LogP contribution in [0.3, 0.4) is 0 Å². The third-order valence-corrected chi connectivity index (χ3v) is 4.70. The molecule has 0 spiro atoms. The Labute approximate surface area is 166 Å². The van der Waals surface area contributed by atoms with Crippen molar-refractivity contribution >= 4 is 5.91 Å². The predicted molar refractivity (Wildman–Crippen MR) is 110 cm³/mol. The molecule has 3 aromatic rings. The molecule has 5 nitrogen and oxygen atoms in total. The molecule has 0 aliphatic rings. The molecule has 1 atom stereocenters. The first-order chi connectivity index (χ1) is 13.5. The molecule has 0 fully saturated rings. The Hall–Kier alpha value is -3.08. The van der Waals surface area contributed by atoms with Gasteiger partial charge in [-0.05, 0) is 68.7 Å². The second-order valence-electron chi connectivity index (χ2n) is 7.05. The van der Waals surface area contributed by atoms with Crippen LogP contribution in [0, 0.1) is 13.8 Å². The average molecular weight is 377 g/mol. The van der Waals surface area contributed by atoms with E-state index in [1.54, 1.807) is 0 Å². The Morgan fingerprint density at radius 1 is 1.18 bits per heavy atom. The molecule has 0 saturated carbocycles. The van der Waals surface area contributed by atoms with Crippen molar-refractivity contribution in [2.75, 3.05) is 0 Å². The lowest BCUT2D eigenvalue weighted by molar-refractivity contribution is 0.0939. The highest BCUT2D eigenvalue weighted by atomic mass is 16.5. The lowest BCUT2D eigenvalue weighted by atomic mass is 10.1. The number of hydrogen-bond acceptors (Lipinski definition) is 3. The number of carbonyl (C=O) groups excluding carboxylic acids is 1. The van der Waals surface area contributed by atoms with E-state index in [2.05, 4.69) is 22.5 Å². The third kappa shape index (κ3) is 4.80. The fourth-order valence-electron chi connectivity index (χ4n) is 2.96. The minimum Gasteiger partial charge on any atom is -0.489 e. The third-order valence-electron chi connectivity index (χ3n) is 4.70. The van der Waals surface area contributed by atoms with Crippen LogP contribution in [0.1, 0.15) is 52.6 Å². The van der Waals surface area contributed by atoms with E-state index >= 15 is 0 Å². The first kappa shape index (κ1) is 19.7. The van der Waals surface area contributed by atoms with Crippen LogP contribution in [0.5, 0.6) is 5.75 Å². The topological polar surface area (TPSA) is 56.2 Å². The molecule has 2 aromatic carbocycles. The summed E-state index contributed by atoms with van der Waals surface area (Å²) in [5.41, 5.74) is 4.68. The molecule has 146 valence electrons. The number of aromatic nitrogens is 2. The van der Waals surface area contributed by atoms with Crippen molar-refractivity contribution in [1.29, 1.82) is 0 Å². The van der Waals surface area contributed by atoms with E-state index in [1.165, 1.54) is 0 Å². The van der Waals surface area contributed by atoms with E-state index in [0.717, 1.165) is 34.7 Å². The van der Waals surface area contributed by atoms with Gasteiger partial charge in [-0.1, -0.05) is 24.3 Å². The molecule has 5 heteroatoms. The first-order valence-corrected chi connectivity index (χ1v) is 9.59. The largest absolute Gasteiger partial charge is 0.489 e. The van der Waals surface area contributed by atoms with Crippen molar-refractivity contribution in [3.05, 3.63) is 82.7 Å². The maximum Gasteiger partial charge on any atom is 0.251 e. The monoisotopic (exact) mass is 377 g/mol. The molecule has 1 unspecified atom stereocenters. The summed E-state index contributed by atoms with van der Waals surface area (Å²) in [6, 6.07) is 15.5. The van der Waals surface area contributed by atoms with Crippen LogP contribution in [0.25, 0.3) is 0 Å². The van der Waals surface area contributed by atoms with Gasteiger partial charge in [0.15, 0.2) is 0 Å². The number of hydrogen-bond donors (Lipinski definition) is 1. The Morgan fingerprint density at radius 3 is 2.75 bits per heavy atom. The smallest absolute Gasteiger partial charge is 0.251 e. The van der Waals surface area contributed by atoms with Gasteiger partial charge in [0.25, 0.3) is 5.91 Å². The number of nitrogens with zero attached hydrogens (tertiary/aromatic N) is 2. The molecule has 0 aliphatic carbocycles. The van der Waals surface area contributed by atoms with Gasteiger partial charge in [-0.2, -0.15) is 5.10 Å². The zero-order chi connectivity index (χ0) is 20.1. The number of amides is 1. The van der Waals surface area contributed by atoms with Crippen molar-refractivity contribution in [2.24, 2.45) is 0 Å². The number of rotatable bonds is 7. The van der Waals surface area contributed by atoms with Crippen LogP contribution < -0.4 is 10.1 Å². The van der Waals surface area contributed by atoms with E-state index < -0.39 is 0 Å². The summed E-state index contributed by atoms with van der Waals surface area (Å²) in [7, 11) is 0. The van der Waals surface area contributed by atoms with Crippen LogP contribution in [0.15, 0.2) is 54.7 Å². The lowest BCUT2D eigenvalue weighted by Gasteiger charge is -2.13. The molecule has 1 heterocycles. The van der Waals surface area contributed by atoms with Crippen molar-refractivity contribution in [3.63, 3.8) is 0 Å². The summed E-state index contributed by atoms with van der Waals surface area (Å²) in [4.78, 5) is 12.6. The van der Waals surface area contributed by atoms with Crippen molar-refractivity contribution in [1.82, 2.24) is 15.1 Å². The second kappa shape index (κ2) is 8.74. The summed E-state index contributed by atoms with van der Waals surface area (Å²) in [5.74, 6) is 0.752. The van der Waals surface area contributed by atoms with E-state index in [0.29, 0.717) is 12.2 Å². The summed E-state index contributed by atoms with van der Waals surface area (Å²) in [6.07, 6.45) is 1.92. The number of benzene rings is 2. The van der Waals surface area contributed by atoms with Gasteiger partial charge in [-0.25, -0.2) is 0 Å². The molecular weight excluding hydrogens is 350 g/mol. The molecule has 0 aliphatic heterocycles. The normalized spacial score (nSPS) is 11.9. The van der Waals surface area contributed by atoms with Crippen LogP contribution in [-0.4, -0.2) is 15.7 Å². The molecule has 28 heavy (non-hydrogen) atoms. The van der Waals surface area contributed by atoms with Crippen LogP contribution in [-0.2, 0) is 13.2 Å². The molecule has 1 N–H and O–H groups in total. The summed E-state index contributed by atoms with van der Waals surface area (Å²) in [5, 5.41) is 7.47. The highest BCUT2D eigenvalue weighted by Gasteiger charge is 2.14. The van der Waals surface area contributed by atoms with Crippen LogP contribution in [0.2, 0.25) is 0 Å². The van der Waals surface area contributed by atoms with Gasteiger partial charge in [-0.15, -0.1) is 0 Å². The summed E-state index contributed by atoms with van der Waals surface area (Å²) < 4.78 is 7.81. The van der Waals surface area contributed by atoms with Gasteiger partial charge in [0.05, 0.1) is 11.7 Å². The van der Waals surface area contributed by atoms with Gasteiger partial charge in [-0.3, -0.25) is 9.48 Å². The molecule has 0 radical (unpaired) electrons. The molecular formula is C23H27N3O2. The zero-order valence-corrected chi connectivity index (χ0v) is 16.9. The quantitative estimate of drug-likeness (QED) is 0.655. The van der Waals surface area contributed by atoms with Crippen molar-refractivity contribution in [2.45, 2.75) is 46.9 Å². The number of carbonyl (C=O) groups is 1. The van der Waals surface area contributed by atoms with Crippen molar-refractivity contribution in [3.8, 4) is 5.75 Å². The predicted octanol–water partition coefficient (Wildman–Crippen LogP) is 4.59. The molecule has 0 bridgehead atoms. The van der Waals surface area contributed by atoms with Gasteiger partial charge in [0.1, 0.15) is 12.4 Å². The van der Waals surface area contributed by atoms with Crippen molar-refractivity contribution < 1.29 is 9.53 Å². The SMILES string of the molecule is CCn1ccc(C(C)NC(=O)c2cccc(COc3cc(C)ccc3C)c2)n1. The molecule has 0 saturated heterocycles. The number of nitrogens with one attached hydrogen (secondary N) is 1. The average Bonchev–Trinajstić information content (AvgIpc) is 3.18. The highest BCUT2D eigenvalue weighted by molar-refractivity contribution is 5.94. The minimum atomic E-state index is -0.157. The molecule has 1 aromatic heterocycles. The van der Waals surface area contributed by atoms with Gasteiger partial charge in [0, 0.05) is 18.3 Å². The minimum absolute atomic E-state index is 0.118. The summed E-state index contributed by atoms with van der Waals surface area (Å²) >= 11 is 0. The molecule has 3 rings (SSSR count). The zero-order valence-electron chi connectivity index (χ0n) is 16.9. The maximum absolute atomic E-state index is 12.6. The van der Waals surface area contributed by atoms with E-state index in [4.69, 9.17) is 4.74 Å². The molecule has 1 amide bonds. The van der Waals surface area contributed by atoms with Gasteiger partial charge >= 0.3 is 0 Å². The van der Waals surface area contributed by atoms with E-state index in [-0.39, 0.29) is 11.9 Å². The van der Waals surface area contributed by atoms with Crippen LogP contribution in [0.4, 0.5) is 0 Å². The van der Waals surface area contributed by atoms with E-state index in [1.807, 2.05) is 75.0 Å². The van der Waals surface area contributed by atoms with Gasteiger partial charge < -0.3 is 10.1 Å². The summed E-state index contributed by atoms with van der Waals surface area (Å²) in [6.45, 7) is 9.27. The Kier molecular flexibility index (Phi) is 6.14. The second-order valence-corrected chi connectivity index (χ2v) is 7.05. The Bertz CT molecular complexity index is 962. The number of ether oxygens (including phenoxy) is 1.